The second-order valence-electron chi connectivity index (χ2n) is 4.46. The molecule has 4 nitrogen and oxygen atoms in total. The van der Waals surface area contributed by atoms with E-state index in [1.54, 1.807) is 6.07 Å². The van der Waals surface area contributed by atoms with Crippen molar-refractivity contribution in [1.29, 1.82) is 0 Å². The Hall–Kier alpha value is -1.55. The Kier molecular flexibility index (Phi) is 3.64. The average molecular weight is 234 g/mol. The number of benzene rings is 1. The molecule has 17 heavy (non-hydrogen) atoms. The molecule has 2 rings (SSSR count). The summed E-state index contributed by atoms with van der Waals surface area (Å²) < 4.78 is 5.42. The lowest BCUT2D eigenvalue weighted by Crippen LogP contribution is -2.19. The molecule has 0 spiro atoms. The zero-order valence-corrected chi connectivity index (χ0v) is 10.0. The minimum absolute atomic E-state index is 0.0137. The summed E-state index contributed by atoms with van der Waals surface area (Å²) in [6, 6.07) is 5.54. The highest BCUT2D eigenvalue weighted by Gasteiger charge is 2.19. The Labute approximate surface area is 101 Å². The van der Waals surface area contributed by atoms with E-state index in [1.165, 1.54) is 0 Å². The van der Waals surface area contributed by atoms with Crippen LogP contribution in [0.3, 0.4) is 0 Å². The third-order valence-corrected chi connectivity index (χ3v) is 3.00. The van der Waals surface area contributed by atoms with Crippen molar-refractivity contribution >= 4 is 17.3 Å². The summed E-state index contributed by atoms with van der Waals surface area (Å²) in [6.45, 7) is 2.71. The van der Waals surface area contributed by atoms with Gasteiger partial charge in [0.2, 0.25) is 5.91 Å². The van der Waals surface area contributed by atoms with Crippen molar-refractivity contribution in [3.8, 4) is 0 Å². The van der Waals surface area contributed by atoms with Gasteiger partial charge in [-0.1, -0.05) is 6.07 Å². The van der Waals surface area contributed by atoms with E-state index >= 15 is 0 Å². The molecule has 0 radical (unpaired) electrons. The average Bonchev–Trinajstić information content (AvgIpc) is 2.76. The number of nitrogens with two attached hydrogens (primary N) is 1. The topological polar surface area (TPSA) is 64.3 Å². The first-order valence-corrected chi connectivity index (χ1v) is 5.93. The number of aryl methyl sites for hydroxylation is 1. The van der Waals surface area contributed by atoms with Gasteiger partial charge in [0.05, 0.1) is 12.5 Å². The first-order chi connectivity index (χ1) is 8.15. The Morgan fingerprint density at radius 2 is 2.41 bits per heavy atom. The summed E-state index contributed by atoms with van der Waals surface area (Å²) in [5.74, 6) is -0.0137. The maximum atomic E-state index is 11.7. The van der Waals surface area contributed by atoms with E-state index < -0.39 is 0 Å². The van der Waals surface area contributed by atoms with Crippen molar-refractivity contribution < 1.29 is 9.53 Å². The third kappa shape index (κ3) is 3.20. The number of carbonyl (C=O) groups is 1. The molecule has 4 heteroatoms. The second kappa shape index (κ2) is 5.19. The van der Waals surface area contributed by atoms with Gasteiger partial charge in [-0.05, 0) is 37.5 Å². The van der Waals surface area contributed by atoms with E-state index in [0.29, 0.717) is 12.1 Å². The largest absolute Gasteiger partial charge is 0.398 e. The summed E-state index contributed by atoms with van der Waals surface area (Å²) in [6.07, 6.45) is 2.53. The maximum absolute atomic E-state index is 11.7. The van der Waals surface area contributed by atoms with Crippen LogP contribution in [0.1, 0.15) is 24.8 Å². The van der Waals surface area contributed by atoms with Crippen molar-refractivity contribution in [2.24, 2.45) is 0 Å². The first kappa shape index (κ1) is 11.9. The molecule has 1 aliphatic rings. The van der Waals surface area contributed by atoms with E-state index in [1.807, 2.05) is 19.1 Å². The number of nitrogens with one attached hydrogen (secondary N) is 1. The van der Waals surface area contributed by atoms with E-state index in [-0.39, 0.29) is 12.0 Å². The molecule has 1 saturated heterocycles. The van der Waals surface area contributed by atoms with Crippen LogP contribution in [-0.4, -0.2) is 18.6 Å². The molecule has 1 heterocycles. The molecule has 0 bridgehead atoms. The second-order valence-corrected chi connectivity index (χ2v) is 4.46. The Balaban J connectivity index is 1.90. The van der Waals surface area contributed by atoms with Crippen LogP contribution in [0.2, 0.25) is 0 Å². The predicted octanol–water partition coefficient (Wildman–Crippen LogP) is 2.08. The summed E-state index contributed by atoms with van der Waals surface area (Å²) in [5.41, 5.74) is 8.24. The molecule has 1 amide bonds. The molecule has 1 fully saturated rings. The first-order valence-electron chi connectivity index (χ1n) is 5.93. The van der Waals surface area contributed by atoms with Gasteiger partial charge in [-0.2, -0.15) is 0 Å². The predicted molar refractivity (Wildman–Crippen MR) is 67.8 cm³/mol. The minimum atomic E-state index is -0.0137. The van der Waals surface area contributed by atoms with Gasteiger partial charge in [0.25, 0.3) is 0 Å². The van der Waals surface area contributed by atoms with Crippen molar-refractivity contribution in [2.45, 2.75) is 32.3 Å². The molecule has 3 N–H and O–H groups in total. The Bertz CT molecular complexity index is 412. The van der Waals surface area contributed by atoms with E-state index in [2.05, 4.69) is 5.32 Å². The Morgan fingerprint density at radius 1 is 1.59 bits per heavy atom. The molecule has 1 unspecified atom stereocenters. The maximum Gasteiger partial charge on any atom is 0.226 e. The summed E-state index contributed by atoms with van der Waals surface area (Å²) in [7, 11) is 0. The van der Waals surface area contributed by atoms with Crippen molar-refractivity contribution in [3.63, 3.8) is 0 Å². The molecule has 1 aromatic carbocycles. The van der Waals surface area contributed by atoms with Gasteiger partial charge in [0, 0.05) is 18.0 Å². The van der Waals surface area contributed by atoms with Crippen molar-refractivity contribution in [3.05, 3.63) is 23.8 Å². The molecule has 0 aromatic heterocycles. The number of hydrogen-bond acceptors (Lipinski definition) is 3. The van der Waals surface area contributed by atoms with Crippen LogP contribution in [0, 0.1) is 6.92 Å². The number of anilines is 2. The third-order valence-electron chi connectivity index (χ3n) is 3.00. The number of carbonyl (C=O) groups excluding carboxylic acids is 1. The van der Waals surface area contributed by atoms with Crippen LogP contribution in [-0.2, 0) is 9.53 Å². The fraction of sp³-hybridized carbons (Fsp3) is 0.462. The molecule has 1 atom stereocenters. The Morgan fingerprint density at radius 3 is 3.06 bits per heavy atom. The molecule has 1 aromatic rings. The number of nitrogen functional groups attached to an aromatic ring is 1. The van der Waals surface area contributed by atoms with Crippen molar-refractivity contribution in [1.82, 2.24) is 0 Å². The molecule has 0 saturated carbocycles. The molecule has 1 aliphatic heterocycles. The van der Waals surface area contributed by atoms with Crippen molar-refractivity contribution in [2.75, 3.05) is 17.7 Å². The van der Waals surface area contributed by atoms with E-state index in [4.69, 9.17) is 10.5 Å². The smallest absolute Gasteiger partial charge is 0.226 e. The fourth-order valence-electron chi connectivity index (χ4n) is 1.94. The van der Waals surface area contributed by atoms with Crippen LogP contribution >= 0.6 is 0 Å². The summed E-state index contributed by atoms with van der Waals surface area (Å²) in [4.78, 5) is 11.7. The molecular weight excluding hydrogens is 216 g/mol. The zero-order chi connectivity index (χ0) is 12.3. The summed E-state index contributed by atoms with van der Waals surface area (Å²) in [5, 5.41) is 2.84. The SMILES string of the molecule is Cc1ccc(NC(=O)CC2CCCO2)cc1N. The number of hydrogen-bond donors (Lipinski definition) is 2. The number of amides is 1. The van der Waals surface area contributed by atoms with E-state index in [0.717, 1.165) is 30.7 Å². The lowest BCUT2D eigenvalue weighted by Gasteiger charge is -2.10. The van der Waals surface area contributed by atoms with Gasteiger partial charge in [0.1, 0.15) is 0 Å². The lowest BCUT2D eigenvalue weighted by atomic mass is 10.1. The zero-order valence-electron chi connectivity index (χ0n) is 10.0. The summed E-state index contributed by atoms with van der Waals surface area (Å²) >= 11 is 0. The molecule has 92 valence electrons. The van der Waals surface area contributed by atoms with Gasteiger partial charge in [-0.25, -0.2) is 0 Å². The lowest BCUT2D eigenvalue weighted by molar-refractivity contribution is -0.118. The van der Waals surface area contributed by atoms with Gasteiger partial charge >= 0.3 is 0 Å². The van der Waals surface area contributed by atoms with Gasteiger partial charge in [-0.3, -0.25) is 4.79 Å². The van der Waals surface area contributed by atoms with Crippen LogP contribution in [0.5, 0.6) is 0 Å². The van der Waals surface area contributed by atoms with Crippen LogP contribution < -0.4 is 11.1 Å². The van der Waals surface area contributed by atoms with Crippen LogP contribution in [0.15, 0.2) is 18.2 Å². The quantitative estimate of drug-likeness (QED) is 0.787. The van der Waals surface area contributed by atoms with Gasteiger partial charge < -0.3 is 15.8 Å². The normalized spacial score (nSPS) is 19.2. The van der Waals surface area contributed by atoms with Gasteiger partial charge in [0.15, 0.2) is 0 Å². The monoisotopic (exact) mass is 234 g/mol. The van der Waals surface area contributed by atoms with Gasteiger partial charge in [-0.15, -0.1) is 0 Å². The highest BCUT2D eigenvalue weighted by Crippen LogP contribution is 2.19. The standard InChI is InChI=1S/C13H18N2O2/c1-9-4-5-10(7-12(9)14)15-13(16)8-11-3-2-6-17-11/h4-5,7,11H,2-3,6,8,14H2,1H3,(H,15,16). The van der Waals surface area contributed by atoms with Crippen LogP contribution in [0.4, 0.5) is 11.4 Å². The minimum Gasteiger partial charge on any atom is -0.398 e. The van der Waals surface area contributed by atoms with Crippen LogP contribution in [0.25, 0.3) is 0 Å². The number of rotatable bonds is 3. The number of ether oxygens (including phenoxy) is 1. The fourth-order valence-corrected chi connectivity index (χ4v) is 1.94. The highest BCUT2D eigenvalue weighted by atomic mass is 16.5. The van der Waals surface area contributed by atoms with E-state index in [9.17, 15) is 4.79 Å². The highest BCUT2D eigenvalue weighted by molar-refractivity contribution is 5.91. The molecule has 0 aliphatic carbocycles. The molecular formula is C13H18N2O2.